The van der Waals surface area contributed by atoms with Crippen LogP contribution in [0.2, 0.25) is 0 Å². The van der Waals surface area contributed by atoms with Crippen molar-refractivity contribution in [3.05, 3.63) is 54.0 Å². The first-order valence-corrected chi connectivity index (χ1v) is 5.75. The lowest BCUT2D eigenvalue weighted by molar-refractivity contribution is 0.402. The SMILES string of the molecule is CC(N[C@@H](C)c1ccco1)c1cccc(O)c1. The zero-order valence-corrected chi connectivity index (χ0v) is 10.1. The van der Waals surface area contributed by atoms with Crippen LogP contribution in [0.15, 0.2) is 47.1 Å². The van der Waals surface area contributed by atoms with Crippen molar-refractivity contribution in [3.63, 3.8) is 0 Å². The summed E-state index contributed by atoms with van der Waals surface area (Å²) in [7, 11) is 0. The second-order valence-corrected chi connectivity index (χ2v) is 4.22. The third-order valence-electron chi connectivity index (χ3n) is 2.84. The molecule has 2 atom stereocenters. The molecule has 17 heavy (non-hydrogen) atoms. The van der Waals surface area contributed by atoms with E-state index in [1.807, 2.05) is 24.3 Å². The van der Waals surface area contributed by atoms with Gasteiger partial charge in [0.2, 0.25) is 0 Å². The Morgan fingerprint density at radius 3 is 2.59 bits per heavy atom. The molecule has 0 fully saturated rings. The number of hydrogen-bond acceptors (Lipinski definition) is 3. The van der Waals surface area contributed by atoms with E-state index in [2.05, 4.69) is 19.2 Å². The van der Waals surface area contributed by atoms with Gasteiger partial charge in [0.25, 0.3) is 0 Å². The molecule has 0 bridgehead atoms. The molecule has 3 nitrogen and oxygen atoms in total. The van der Waals surface area contributed by atoms with Gasteiger partial charge >= 0.3 is 0 Å². The Hall–Kier alpha value is -1.74. The van der Waals surface area contributed by atoms with E-state index >= 15 is 0 Å². The van der Waals surface area contributed by atoms with Crippen LogP contribution < -0.4 is 5.32 Å². The first kappa shape index (κ1) is 11.7. The summed E-state index contributed by atoms with van der Waals surface area (Å²) in [6.07, 6.45) is 1.67. The number of aromatic hydroxyl groups is 1. The molecule has 0 aliphatic rings. The Morgan fingerprint density at radius 1 is 1.12 bits per heavy atom. The summed E-state index contributed by atoms with van der Waals surface area (Å²) >= 11 is 0. The Balaban J connectivity index is 2.04. The van der Waals surface area contributed by atoms with Crippen molar-refractivity contribution in [2.75, 3.05) is 0 Å². The summed E-state index contributed by atoms with van der Waals surface area (Å²) < 4.78 is 5.34. The van der Waals surface area contributed by atoms with Gasteiger partial charge in [-0.05, 0) is 43.7 Å². The molecule has 0 amide bonds. The zero-order valence-electron chi connectivity index (χ0n) is 10.1. The number of nitrogens with one attached hydrogen (secondary N) is 1. The first-order valence-electron chi connectivity index (χ1n) is 5.75. The molecule has 0 radical (unpaired) electrons. The Bertz CT molecular complexity index is 465. The molecule has 0 spiro atoms. The molecule has 2 N–H and O–H groups in total. The van der Waals surface area contributed by atoms with Crippen molar-refractivity contribution in [1.82, 2.24) is 5.32 Å². The van der Waals surface area contributed by atoms with Gasteiger partial charge < -0.3 is 14.8 Å². The highest BCUT2D eigenvalue weighted by molar-refractivity contribution is 5.29. The fourth-order valence-corrected chi connectivity index (χ4v) is 1.89. The summed E-state index contributed by atoms with van der Waals surface area (Å²) in [6.45, 7) is 4.12. The average molecular weight is 231 g/mol. The quantitative estimate of drug-likeness (QED) is 0.847. The smallest absolute Gasteiger partial charge is 0.120 e. The molecule has 0 aliphatic heterocycles. The third-order valence-corrected chi connectivity index (χ3v) is 2.84. The summed E-state index contributed by atoms with van der Waals surface area (Å²) in [4.78, 5) is 0. The lowest BCUT2D eigenvalue weighted by Crippen LogP contribution is -2.22. The highest BCUT2D eigenvalue weighted by Gasteiger charge is 2.13. The van der Waals surface area contributed by atoms with E-state index in [1.54, 1.807) is 18.4 Å². The molecule has 0 saturated carbocycles. The van der Waals surface area contributed by atoms with Gasteiger partial charge in [-0.1, -0.05) is 12.1 Å². The van der Waals surface area contributed by atoms with Crippen LogP contribution in [-0.4, -0.2) is 5.11 Å². The average Bonchev–Trinajstić information content (AvgIpc) is 2.82. The first-order chi connectivity index (χ1) is 8.16. The van der Waals surface area contributed by atoms with Gasteiger partial charge in [-0.3, -0.25) is 0 Å². The Labute approximate surface area is 101 Å². The van der Waals surface area contributed by atoms with Gasteiger partial charge in [-0.2, -0.15) is 0 Å². The maximum absolute atomic E-state index is 9.43. The van der Waals surface area contributed by atoms with Crippen LogP contribution in [0.25, 0.3) is 0 Å². The van der Waals surface area contributed by atoms with Crippen LogP contribution in [0.1, 0.15) is 37.3 Å². The van der Waals surface area contributed by atoms with Crippen LogP contribution in [-0.2, 0) is 0 Å². The van der Waals surface area contributed by atoms with E-state index in [1.165, 1.54) is 0 Å². The number of phenolic OH excluding ortho intramolecular Hbond substituents is 1. The van der Waals surface area contributed by atoms with Crippen molar-refractivity contribution in [2.24, 2.45) is 0 Å². The molecule has 1 heterocycles. The number of hydrogen-bond donors (Lipinski definition) is 2. The maximum Gasteiger partial charge on any atom is 0.120 e. The normalized spacial score (nSPS) is 14.5. The van der Waals surface area contributed by atoms with Gasteiger partial charge in [0.1, 0.15) is 11.5 Å². The minimum Gasteiger partial charge on any atom is -0.508 e. The molecule has 1 unspecified atom stereocenters. The van der Waals surface area contributed by atoms with Crippen LogP contribution in [0.3, 0.4) is 0 Å². The van der Waals surface area contributed by atoms with Gasteiger partial charge in [-0.25, -0.2) is 0 Å². The van der Waals surface area contributed by atoms with Crippen molar-refractivity contribution in [1.29, 1.82) is 0 Å². The lowest BCUT2D eigenvalue weighted by Gasteiger charge is -2.19. The maximum atomic E-state index is 9.43. The molecular weight excluding hydrogens is 214 g/mol. The molecule has 3 heteroatoms. The van der Waals surface area contributed by atoms with Gasteiger partial charge in [0.15, 0.2) is 0 Å². The second-order valence-electron chi connectivity index (χ2n) is 4.22. The van der Waals surface area contributed by atoms with Crippen LogP contribution in [0.4, 0.5) is 0 Å². The minimum absolute atomic E-state index is 0.141. The van der Waals surface area contributed by atoms with Crippen molar-refractivity contribution in [2.45, 2.75) is 25.9 Å². The van der Waals surface area contributed by atoms with Gasteiger partial charge in [-0.15, -0.1) is 0 Å². The van der Waals surface area contributed by atoms with Crippen molar-refractivity contribution < 1.29 is 9.52 Å². The van der Waals surface area contributed by atoms with Crippen LogP contribution >= 0.6 is 0 Å². The number of rotatable bonds is 4. The predicted molar refractivity (Wildman–Crippen MR) is 66.8 cm³/mol. The van der Waals surface area contributed by atoms with E-state index in [0.717, 1.165) is 11.3 Å². The van der Waals surface area contributed by atoms with E-state index in [0.29, 0.717) is 5.75 Å². The lowest BCUT2D eigenvalue weighted by atomic mass is 10.1. The van der Waals surface area contributed by atoms with Crippen molar-refractivity contribution >= 4 is 0 Å². The molecule has 0 aliphatic carbocycles. The second kappa shape index (κ2) is 5.06. The van der Waals surface area contributed by atoms with Crippen LogP contribution in [0, 0.1) is 0 Å². The summed E-state index contributed by atoms with van der Waals surface area (Å²) in [6, 6.07) is 11.4. The summed E-state index contributed by atoms with van der Waals surface area (Å²) in [5, 5.41) is 12.9. The molecule has 1 aromatic heterocycles. The Morgan fingerprint density at radius 2 is 1.94 bits per heavy atom. The Kier molecular flexibility index (Phi) is 3.49. The predicted octanol–water partition coefficient (Wildman–Crippen LogP) is 3.40. The van der Waals surface area contributed by atoms with E-state index in [4.69, 9.17) is 4.42 Å². The molecule has 0 saturated heterocycles. The van der Waals surface area contributed by atoms with Gasteiger partial charge in [0.05, 0.1) is 12.3 Å². The highest BCUT2D eigenvalue weighted by Crippen LogP contribution is 2.21. The van der Waals surface area contributed by atoms with E-state index < -0.39 is 0 Å². The number of phenols is 1. The topological polar surface area (TPSA) is 45.4 Å². The highest BCUT2D eigenvalue weighted by atomic mass is 16.3. The van der Waals surface area contributed by atoms with Crippen LogP contribution in [0.5, 0.6) is 5.75 Å². The fourth-order valence-electron chi connectivity index (χ4n) is 1.89. The number of furan rings is 1. The van der Waals surface area contributed by atoms with E-state index in [-0.39, 0.29) is 12.1 Å². The summed E-state index contributed by atoms with van der Waals surface area (Å²) in [5.41, 5.74) is 1.06. The van der Waals surface area contributed by atoms with Gasteiger partial charge in [0, 0.05) is 6.04 Å². The fraction of sp³-hybridized carbons (Fsp3) is 0.286. The third kappa shape index (κ3) is 2.88. The monoisotopic (exact) mass is 231 g/mol. The molecule has 1 aromatic carbocycles. The largest absolute Gasteiger partial charge is 0.508 e. The molecular formula is C14H17NO2. The van der Waals surface area contributed by atoms with E-state index in [9.17, 15) is 5.11 Å². The molecule has 2 rings (SSSR count). The zero-order chi connectivity index (χ0) is 12.3. The number of benzene rings is 1. The standard InChI is InChI=1S/C14H17NO2/c1-10(12-5-3-6-13(16)9-12)15-11(2)14-7-4-8-17-14/h3-11,15-16H,1-2H3/t10?,11-/m0/s1. The van der Waals surface area contributed by atoms with Crippen molar-refractivity contribution in [3.8, 4) is 5.75 Å². The minimum atomic E-state index is 0.141. The molecule has 90 valence electrons. The summed E-state index contributed by atoms with van der Waals surface area (Å²) in [5.74, 6) is 1.21. The molecule has 2 aromatic rings.